The number of rotatable bonds is 3. The molecule has 4 rings (SSSR count). The molecule has 0 saturated heterocycles. The van der Waals surface area contributed by atoms with E-state index in [-0.39, 0.29) is 35.1 Å². The van der Waals surface area contributed by atoms with Crippen LogP contribution in [0.3, 0.4) is 0 Å². The molecule has 2 atom stereocenters. The molecule has 6 heteroatoms. The Balaban J connectivity index is 1.89. The van der Waals surface area contributed by atoms with E-state index in [4.69, 9.17) is 4.74 Å². The van der Waals surface area contributed by atoms with Crippen LogP contribution in [0.1, 0.15) is 38.9 Å². The summed E-state index contributed by atoms with van der Waals surface area (Å²) in [6.45, 7) is 3.85. The minimum atomic E-state index is -0.809. The zero-order valence-electron chi connectivity index (χ0n) is 15.5. The van der Waals surface area contributed by atoms with E-state index in [1.165, 1.54) is 12.3 Å². The highest BCUT2D eigenvalue weighted by Gasteiger charge is 2.46. The fourth-order valence-corrected chi connectivity index (χ4v) is 3.60. The monoisotopic (exact) mass is 374 g/mol. The molecular weight excluding hydrogens is 356 g/mol. The minimum absolute atomic E-state index is 0.0483. The van der Waals surface area contributed by atoms with Crippen molar-refractivity contribution in [1.29, 1.82) is 0 Å². The third-order valence-electron chi connectivity index (χ3n) is 4.96. The first kappa shape index (κ1) is 18.0. The highest BCUT2D eigenvalue weighted by Crippen LogP contribution is 2.37. The molecule has 2 unspecified atom stereocenters. The van der Waals surface area contributed by atoms with Gasteiger partial charge < -0.3 is 4.74 Å². The maximum absolute atomic E-state index is 13.2. The number of fused-ring (bicyclic) bond motifs is 2. The van der Waals surface area contributed by atoms with Gasteiger partial charge in [0.25, 0.3) is 0 Å². The summed E-state index contributed by atoms with van der Waals surface area (Å²) in [5, 5.41) is 0. The first-order chi connectivity index (χ1) is 13.5. The summed E-state index contributed by atoms with van der Waals surface area (Å²) in [5.74, 6) is -2.73. The molecule has 0 fully saturated rings. The second-order valence-electron chi connectivity index (χ2n) is 6.77. The van der Waals surface area contributed by atoms with E-state index in [9.17, 15) is 14.4 Å². The Morgan fingerprint density at radius 1 is 1.11 bits per heavy atom. The Hall–Kier alpha value is -3.41. The van der Waals surface area contributed by atoms with E-state index in [2.05, 4.69) is 9.98 Å². The van der Waals surface area contributed by atoms with Crippen LogP contribution in [0.2, 0.25) is 0 Å². The molecule has 1 aliphatic heterocycles. The predicted molar refractivity (Wildman–Crippen MR) is 102 cm³/mol. The van der Waals surface area contributed by atoms with Crippen LogP contribution in [0.15, 0.2) is 59.4 Å². The number of pyridine rings is 1. The van der Waals surface area contributed by atoms with Gasteiger partial charge in [-0.2, -0.15) is 0 Å². The Bertz CT molecular complexity index is 1050. The van der Waals surface area contributed by atoms with E-state index >= 15 is 0 Å². The summed E-state index contributed by atoms with van der Waals surface area (Å²) in [4.78, 5) is 47.2. The third-order valence-corrected chi connectivity index (χ3v) is 4.96. The molecule has 6 nitrogen and oxygen atoms in total. The number of esters is 1. The van der Waals surface area contributed by atoms with E-state index in [1.807, 2.05) is 31.2 Å². The summed E-state index contributed by atoms with van der Waals surface area (Å²) >= 11 is 0. The van der Waals surface area contributed by atoms with Crippen LogP contribution in [0.4, 0.5) is 0 Å². The van der Waals surface area contributed by atoms with Gasteiger partial charge in [-0.3, -0.25) is 14.6 Å². The average molecular weight is 374 g/mol. The van der Waals surface area contributed by atoms with Gasteiger partial charge in [0.05, 0.1) is 24.2 Å². The fourth-order valence-electron chi connectivity index (χ4n) is 3.60. The van der Waals surface area contributed by atoms with Crippen LogP contribution >= 0.6 is 0 Å². The number of ketones is 2. The van der Waals surface area contributed by atoms with Crippen LogP contribution in [0.25, 0.3) is 0 Å². The number of aliphatic imine (C=N–C) groups is 1. The molecule has 0 N–H and O–H groups in total. The Morgan fingerprint density at radius 2 is 1.86 bits per heavy atom. The number of allylic oxidation sites excluding steroid dienone is 1. The molecule has 0 saturated carbocycles. The highest BCUT2D eigenvalue weighted by atomic mass is 16.5. The topological polar surface area (TPSA) is 85.7 Å². The summed E-state index contributed by atoms with van der Waals surface area (Å²) in [5.41, 5.74) is 2.62. The summed E-state index contributed by atoms with van der Waals surface area (Å²) in [6, 6.07) is 10.7. The van der Waals surface area contributed by atoms with Crippen molar-refractivity contribution in [2.45, 2.75) is 13.8 Å². The van der Waals surface area contributed by atoms with Crippen LogP contribution in [0.5, 0.6) is 0 Å². The van der Waals surface area contributed by atoms with Crippen LogP contribution in [-0.2, 0) is 9.53 Å². The van der Waals surface area contributed by atoms with Gasteiger partial charge in [-0.05, 0) is 37.6 Å². The van der Waals surface area contributed by atoms with Crippen LogP contribution in [-0.4, -0.2) is 34.8 Å². The normalized spacial score (nSPS) is 20.6. The number of hydrogen-bond acceptors (Lipinski definition) is 6. The lowest BCUT2D eigenvalue weighted by Gasteiger charge is -2.32. The Morgan fingerprint density at radius 3 is 2.57 bits per heavy atom. The number of carbonyl (C=O) groups is 3. The first-order valence-electron chi connectivity index (χ1n) is 9.09. The first-order valence-corrected chi connectivity index (χ1v) is 9.09. The van der Waals surface area contributed by atoms with E-state index < -0.39 is 17.8 Å². The minimum Gasteiger partial charge on any atom is -0.461 e. The van der Waals surface area contributed by atoms with Gasteiger partial charge in [0, 0.05) is 11.8 Å². The Labute approximate surface area is 162 Å². The van der Waals surface area contributed by atoms with E-state index in [1.54, 1.807) is 19.1 Å². The summed E-state index contributed by atoms with van der Waals surface area (Å²) in [7, 11) is 0. The molecule has 0 radical (unpaired) electrons. The Kier molecular flexibility index (Phi) is 4.47. The number of nitrogens with zero attached hydrogens (tertiary/aromatic N) is 2. The molecule has 0 amide bonds. The number of hydrogen-bond donors (Lipinski definition) is 0. The second kappa shape index (κ2) is 6.96. The lowest BCUT2D eigenvalue weighted by atomic mass is 9.70. The van der Waals surface area contributed by atoms with Crippen molar-refractivity contribution >= 4 is 23.2 Å². The number of benzene rings is 1. The molecule has 1 aliphatic carbocycles. The largest absolute Gasteiger partial charge is 0.461 e. The van der Waals surface area contributed by atoms with Gasteiger partial charge in [-0.25, -0.2) is 9.79 Å². The third kappa shape index (κ3) is 2.87. The molecule has 2 heterocycles. The lowest BCUT2D eigenvalue weighted by Crippen LogP contribution is -2.43. The molecule has 28 heavy (non-hydrogen) atoms. The average Bonchev–Trinajstić information content (AvgIpc) is 2.72. The van der Waals surface area contributed by atoms with Crippen LogP contribution < -0.4 is 0 Å². The van der Waals surface area contributed by atoms with Crippen molar-refractivity contribution in [3.05, 3.63) is 76.8 Å². The number of Topliss-reactive ketones (excluding diaryl/α,β-unsaturated/α-hetero) is 2. The van der Waals surface area contributed by atoms with E-state index in [0.29, 0.717) is 11.3 Å². The molecule has 0 bridgehead atoms. The number of aryl methyl sites for hydroxylation is 1. The van der Waals surface area contributed by atoms with Gasteiger partial charge >= 0.3 is 5.97 Å². The number of aromatic nitrogens is 1. The van der Waals surface area contributed by atoms with Gasteiger partial charge in [-0.1, -0.05) is 29.8 Å². The van der Waals surface area contributed by atoms with Crippen LogP contribution in [0, 0.1) is 18.8 Å². The van der Waals surface area contributed by atoms with Gasteiger partial charge in [0.2, 0.25) is 0 Å². The molecule has 140 valence electrons. The van der Waals surface area contributed by atoms with Gasteiger partial charge in [0.1, 0.15) is 11.4 Å². The van der Waals surface area contributed by atoms with Gasteiger partial charge in [-0.15, -0.1) is 0 Å². The number of ether oxygens (including phenoxy) is 1. The predicted octanol–water partition coefficient (Wildman–Crippen LogP) is 2.95. The fraction of sp³-hybridized carbons (Fsp3) is 0.227. The zero-order chi connectivity index (χ0) is 19.8. The van der Waals surface area contributed by atoms with Crippen molar-refractivity contribution < 1.29 is 19.1 Å². The van der Waals surface area contributed by atoms with Crippen molar-refractivity contribution in [1.82, 2.24) is 4.98 Å². The van der Waals surface area contributed by atoms with Crippen molar-refractivity contribution in [3.8, 4) is 0 Å². The quantitative estimate of drug-likeness (QED) is 0.771. The van der Waals surface area contributed by atoms with Crippen molar-refractivity contribution in [2.24, 2.45) is 16.8 Å². The van der Waals surface area contributed by atoms with Crippen molar-refractivity contribution in [2.75, 3.05) is 6.61 Å². The smallest absolute Gasteiger partial charge is 0.356 e. The molecule has 1 aromatic carbocycles. The molecule has 2 aromatic rings. The molecular formula is C22H18N2O4. The lowest BCUT2D eigenvalue weighted by molar-refractivity contribution is -0.138. The van der Waals surface area contributed by atoms with Crippen molar-refractivity contribution in [3.63, 3.8) is 0 Å². The molecule has 1 aromatic heterocycles. The van der Waals surface area contributed by atoms with E-state index in [0.717, 1.165) is 5.56 Å². The molecule has 2 aliphatic rings. The SMILES string of the molecule is CCOC(=O)C1=CC2C(=O)c3cccnc3C(=O)C2C(c2ccc(C)cc2)=N1. The summed E-state index contributed by atoms with van der Waals surface area (Å²) in [6.07, 6.45) is 2.95. The second-order valence-corrected chi connectivity index (χ2v) is 6.77. The highest BCUT2D eigenvalue weighted by molar-refractivity contribution is 6.27. The maximum Gasteiger partial charge on any atom is 0.356 e. The van der Waals surface area contributed by atoms with Gasteiger partial charge in [0.15, 0.2) is 11.6 Å². The summed E-state index contributed by atoms with van der Waals surface area (Å²) < 4.78 is 5.07. The maximum atomic E-state index is 13.2. The zero-order valence-corrected chi connectivity index (χ0v) is 15.5. The standard InChI is InChI=1S/C22H18N2O4/c1-3-28-22(27)16-11-15-17(18(24-16)13-8-6-12(2)7-9-13)21(26)19-14(20(15)25)5-4-10-23-19/h4-11,15,17H,3H2,1-2H3. The number of carbonyl (C=O) groups excluding carboxylic acids is 3. The molecule has 0 spiro atoms.